The van der Waals surface area contributed by atoms with Gasteiger partial charge in [-0.2, -0.15) is 0 Å². The molecule has 0 aliphatic carbocycles. The molecule has 2 aromatic rings. The van der Waals surface area contributed by atoms with Crippen molar-refractivity contribution in [1.82, 2.24) is 9.97 Å². The van der Waals surface area contributed by atoms with Gasteiger partial charge in [0.15, 0.2) is 5.89 Å². The molecule has 0 aliphatic rings. The highest BCUT2D eigenvalue weighted by molar-refractivity contribution is 14.1. The van der Waals surface area contributed by atoms with Gasteiger partial charge in [-0.3, -0.25) is 4.98 Å². The molecule has 4 nitrogen and oxygen atoms in total. The summed E-state index contributed by atoms with van der Waals surface area (Å²) in [6, 6.07) is 1.84. The number of hydrogen-bond acceptors (Lipinski definition) is 4. The van der Waals surface area contributed by atoms with Gasteiger partial charge in [0.2, 0.25) is 0 Å². The minimum Gasteiger partial charge on any atom is -0.449 e. The van der Waals surface area contributed by atoms with E-state index in [1.165, 1.54) is 6.26 Å². The summed E-state index contributed by atoms with van der Waals surface area (Å²) >= 11 is 2.15. The van der Waals surface area contributed by atoms with Gasteiger partial charge in [-0.25, -0.2) is 4.98 Å². The fourth-order valence-electron chi connectivity index (χ4n) is 1.26. The van der Waals surface area contributed by atoms with Crippen LogP contribution in [0.3, 0.4) is 0 Å². The Balaban J connectivity index is 2.36. The molecule has 0 saturated heterocycles. The Morgan fingerprint density at radius 3 is 2.93 bits per heavy atom. The first-order valence-electron chi connectivity index (χ1n) is 4.38. The van der Waals surface area contributed by atoms with Crippen molar-refractivity contribution in [3.8, 4) is 0 Å². The maximum atomic E-state index is 10.0. The summed E-state index contributed by atoms with van der Waals surface area (Å²) in [5, 5.41) is 10.0. The van der Waals surface area contributed by atoms with Crippen LogP contribution in [0.4, 0.5) is 0 Å². The zero-order valence-electron chi connectivity index (χ0n) is 8.01. The number of aliphatic hydroxyl groups excluding tert-OH is 1. The lowest BCUT2D eigenvalue weighted by Gasteiger charge is -2.08. The van der Waals surface area contributed by atoms with Gasteiger partial charge in [0.25, 0.3) is 0 Å². The van der Waals surface area contributed by atoms with E-state index in [0.29, 0.717) is 11.6 Å². The van der Waals surface area contributed by atoms with E-state index < -0.39 is 6.10 Å². The molecule has 0 aliphatic heterocycles. The zero-order chi connectivity index (χ0) is 10.8. The third kappa shape index (κ3) is 2.18. The van der Waals surface area contributed by atoms with Gasteiger partial charge in [-0.15, -0.1) is 0 Å². The number of aryl methyl sites for hydroxylation is 1. The van der Waals surface area contributed by atoms with Crippen molar-refractivity contribution < 1.29 is 9.52 Å². The molecule has 0 saturated carbocycles. The van der Waals surface area contributed by atoms with Crippen LogP contribution < -0.4 is 0 Å². The van der Waals surface area contributed by atoms with E-state index in [0.717, 1.165) is 9.13 Å². The van der Waals surface area contributed by atoms with Gasteiger partial charge in [0, 0.05) is 28.5 Å². The van der Waals surface area contributed by atoms with E-state index in [4.69, 9.17) is 4.42 Å². The monoisotopic (exact) mass is 316 g/mol. The molecule has 1 N–H and O–H groups in total. The Morgan fingerprint density at radius 2 is 2.33 bits per heavy atom. The molecule has 2 aromatic heterocycles. The molecule has 1 unspecified atom stereocenters. The van der Waals surface area contributed by atoms with Gasteiger partial charge in [-0.05, 0) is 28.7 Å². The van der Waals surface area contributed by atoms with E-state index in [2.05, 4.69) is 32.6 Å². The van der Waals surface area contributed by atoms with Crippen LogP contribution in [-0.2, 0) is 0 Å². The highest BCUT2D eigenvalue weighted by Crippen LogP contribution is 2.24. The van der Waals surface area contributed by atoms with Gasteiger partial charge in [0.1, 0.15) is 18.1 Å². The van der Waals surface area contributed by atoms with Crippen molar-refractivity contribution in [3.05, 3.63) is 45.4 Å². The molecule has 0 fully saturated rings. The maximum Gasteiger partial charge on any atom is 0.191 e. The van der Waals surface area contributed by atoms with E-state index in [9.17, 15) is 5.11 Å². The van der Waals surface area contributed by atoms with Crippen LogP contribution in [0.1, 0.15) is 23.3 Å². The van der Waals surface area contributed by atoms with E-state index in [-0.39, 0.29) is 0 Å². The first kappa shape index (κ1) is 10.6. The van der Waals surface area contributed by atoms with E-state index in [1.807, 2.05) is 6.07 Å². The molecular weight excluding hydrogens is 307 g/mol. The number of rotatable bonds is 2. The SMILES string of the molecule is Cc1nc(C(O)c2cnccc2I)co1. The second-order valence-electron chi connectivity index (χ2n) is 3.09. The summed E-state index contributed by atoms with van der Waals surface area (Å²) < 4.78 is 6.01. The summed E-state index contributed by atoms with van der Waals surface area (Å²) in [6.45, 7) is 1.74. The Kier molecular flexibility index (Phi) is 3.01. The van der Waals surface area contributed by atoms with Gasteiger partial charge < -0.3 is 9.52 Å². The molecule has 0 aromatic carbocycles. The number of nitrogens with zero attached hydrogens (tertiary/aromatic N) is 2. The van der Waals surface area contributed by atoms with Crippen LogP contribution in [0, 0.1) is 10.5 Å². The zero-order valence-corrected chi connectivity index (χ0v) is 10.2. The molecule has 2 rings (SSSR count). The number of halogens is 1. The molecule has 0 radical (unpaired) electrons. The minimum atomic E-state index is -0.775. The second kappa shape index (κ2) is 4.28. The molecular formula is C10H9IN2O2. The first-order chi connectivity index (χ1) is 7.18. The Labute approximate surface area is 101 Å². The molecule has 0 bridgehead atoms. The summed E-state index contributed by atoms with van der Waals surface area (Å²) in [5.74, 6) is 0.544. The van der Waals surface area contributed by atoms with Crippen LogP contribution in [0.15, 0.2) is 29.1 Å². The summed E-state index contributed by atoms with van der Waals surface area (Å²) in [6.07, 6.45) is 4.01. The Hall–Kier alpha value is -0.950. The third-order valence-electron chi connectivity index (χ3n) is 2.01. The molecule has 0 spiro atoms. The average molecular weight is 316 g/mol. The number of aromatic nitrogens is 2. The Morgan fingerprint density at radius 1 is 1.53 bits per heavy atom. The molecule has 2 heterocycles. The fraction of sp³-hybridized carbons (Fsp3) is 0.200. The van der Waals surface area contributed by atoms with Crippen LogP contribution in [0.2, 0.25) is 0 Å². The van der Waals surface area contributed by atoms with Crippen LogP contribution in [-0.4, -0.2) is 15.1 Å². The standard InChI is InChI=1S/C10H9IN2O2/c1-6-13-9(5-15-6)10(14)7-4-12-3-2-8(7)11/h2-5,10,14H,1H3. The van der Waals surface area contributed by atoms with Crippen LogP contribution >= 0.6 is 22.6 Å². The lowest BCUT2D eigenvalue weighted by molar-refractivity contribution is 0.214. The van der Waals surface area contributed by atoms with Crippen LogP contribution in [0.25, 0.3) is 0 Å². The summed E-state index contributed by atoms with van der Waals surface area (Å²) in [5.41, 5.74) is 1.25. The van der Waals surface area contributed by atoms with Crippen molar-refractivity contribution in [3.63, 3.8) is 0 Å². The molecule has 78 valence electrons. The minimum absolute atomic E-state index is 0.512. The van der Waals surface area contributed by atoms with Gasteiger partial charge in [0.05, 0.1) is 0 Å². The van der Waals surface area contributed by atoms with Crippen molar-refractivity contribution in [1.29, 1.82) is 0 Å². The highest BCUT2D eigenvalue weighted by Gasteiger charge is 2.16. The molecule has 0 amide bonds. The smallest absolute Gasteiger partial charge is 0.191 e. The van der Waals surface area contributed by atoms with Crippen molar-refractivity contribution >= 4 is 22.6 Å². The highest BCUT2D eigenvalue weighted by atomic mass is 127. The number of pyridine rings is 1. The lowest BCUT2D eigenvalue weighted by atomic mass is 10.1. The van der Waals surface area contributed by atoms with Crippen molar-refractivity contribution in [2.75, 3.05) is 0 Å². The summed E-state index contributed by atoms with van der Waals surface area (Å²) in [7, 11) is 0. The fourth-order valence-corrected chi connectivity index (χ4v) is 1.85. The molecule has 5 heteroatoms. The first-order valence-corrected chi connectivity index (χ1v) is 5.46. The average Bonchev–Trinajstić information content (AvgIpc) is 2.65. The maximum absolute atomic E-state index is 10.0. The number of aliphatic hydroxyl groups is 1. The topological polar surface area (TPSA) is 59.2 Å². The van der Waals surface area contributed by atoms with Crippen molar-refractivity contribution in [2.24, 2.45) is 0 Å². The van der Waals surface area contributed by atoms with Crippen molar-refractivity contribution in [2.45, 2.75) is 13.0 Å². The summed E-state index contributed by atoms with van der Waals surface area (Å²) in [4.78, 5) is 8.06. The van der Waals surface area contributed by atoms with E-state index in [1.54, 1.807) is 19.3 Å². The van der Waals surface area contributed by atoms with Gasteiger partial charge >= 0.3 is 0 Å². The van der Waals surface area contributed by atoms with E-state index >= 15 is 0 Å². The predicted molar refractivity (Wildman–Crippen MR) is 62.3 cm³/mol. The molecule has 1 atom stereocenters. The quantitative estimate of drug-likeness (QED) is 0.862. The lowest BCUT2D eigenvalue weighted by Crippen LogP contribution is -2.03. The Bertz CT molecular complexity index is 470. The largest absolute Gasteiger partial charge is 0.449 e. The number of oxazole rings is 1. The normalized spacial score (nSPS) is 12.7. The molecule has 15 heavy (non-hydrogen) atoms. The van der Waals surface area contributed by atoms with Gasteiger partial charge in [-0.1, -0.05) is 0 Å². The predicted octanol–water partition coefficient (Wildman–Crippen LogP) is 2.06. The number of hydrogen-bond donors (Lipinski definition) is 1. The van der Waals surface area contributed by atoms with Crippen LogP contribution in [0.5, 0.6) is 0 Å². The second-order valence-corrected chi connectivity index (χ2v) is 4.25. The third-order valence-corrected chi connectivity index (χ3v) is 2.99.